The third kappa shape index (κ3) is 5.62. The van der Waals surface area contributed by atoms with Crippen LogP contribution in [0.4, 0.5) is 0 Å². The fourth-order valence-electron chi connectivity index (χ4n) is 6.18. The van der Waals surface area contributed by atoms with E-state index in [1.165, 1.54) is 16.3 Å². The molecule has 8 rings (SSSR count). The molecule has 48 heavy (non-hydrogen) atoms. The second-order valence-electron chi connectivity index (χ2n) is 11.6. The van der Waals surface area contributed by atoms with Gasteiger partial charge in [0.25, 0.3) is 0 Å². The fraction of sp³-hybridized carbons (Fsp3) is 0. The molecule has 8 aromatic rings. The van der Waals surface area contributed by atoms with Crippen LogP contribution in [-0.4, -0.2) is 15.0 Å². The first-order chi connectivity index (χ1) is 23.7. The summed E-state index contributed by atoms with van der Waals surface area (Å²) in [5.74, 6) is 1.91. The highest BCUT2D eigenvalue weighted by Crippen LogP contribution is 2.37. The Hall–Kier alpha value is -6.70. The number of rotatable bonds is 6. The van der Waals surface area contributed by atoms with Crippen LogP contribution in [0.3, 0.4) is 0 Å². The lowest BCUT2D eigenvalue weighted by Crippen LogP contribution is -2.00. The van der Waals surface area contributed by atoms with Crippen molar-refractivity contribution < 1.29 is 0 Å². The Kier molecular flexibility index (Phi) is 7.54. The van der Waals surface area contributed by atoms with Crippen LogP contribution in [0.1, 0.15) is 5.56 Å². The topological polar surface area (TPSA) is 62.5 Å². The van der Waals surface area contributed by atoms with E-state index in [-0.39, 0.29) is 0 Å². The second-order valence-corrected chi connectivity index (χ2v) is 11.6. The first-order valence-electron chi connectivity index (χ1n) is 15.8. The van der Waals surface area contributed by atoms with Crippen LogP contribution in [0.15, 0.2) is 170 Å². The molecule has 0 aliphatic rings. The van der Waals surface area contributed by atoms with Gasteiger partial charge in [0.2, 0.25) is 0 Å². The normalized spacial score (nSPS) is 10.9. The largest absolute Gasteiger partial charge is 0.208 e. The van der Waals surface area contributed by atoms with E-state index >= 15 is 0 Å². The van der Waals surface area contributed by atoms with Crippen LogP contribution in [0.2, 0.25) is 0 Å². The molecular weight excluding hydrogens is 585 g/mol. The number of benzene rings is 7. The molecular formula is C44H28N4. The zero-order chi connectivity index (χ0) is 32.3. The molecule has 0 amide bonds. The fourth-order valence-corrected chi connectivity index (χ4v) is 6.18. The SMILES string of the molecule is N#Cc1cccc(-c2ccc(-c3ccc(-c4cccc(-c5nc(-c6ccccc6)nc(-c6ccccc6)n5)c4)c4ccccc34)cc2)c1. The summed E-state index contributed by atoms with van der Waals surface area (Å²) in [6.07, 6.45) is 0. The van der Waals surface area contributed by atoms with Crippen molar-refractivity contribution in [3.05, 3.63) is 175 Å². The molecule has 7 aromatic carbocycles. The lowest BCUT2D eigenvalue weighted by molar-refractivity contribution is 1.07. The van der Waals surface area contributed by atoms with E-state index < -0.39 is 0 Å². The molecule has 0 radical (unpaired) electrons. The van der Waals surface area contributed by atoms with Crippen molar-refractivity contribution in [1.29, 1.82) is 5.26 Å². The summed E-state index contributed by atoms with van der Waals surface area (Å²) in [4.78, 5) is 14.8. The van der Waals surface area contributed by atoms with Crippen molar-refractivity contribution in [2.75, 3.05) is 0 Å². The predicted octanol–water partition coefficient (Wildman–Crippen LogP) is 10.9. The molecule has 0 fully saturated rings. The summed E-state index contributed by atoms with van der Waals surface area (Å²) in [7, 11) is 0. The van der Waals surface area contributed by atoms with Crippen LogP contribution in [0.5, 0.6) is 0 Å². The van der Waals surface area contributed by atoms with E-state index in [9.17, 15) is 5.26 Å². The maximum absolute atomic E-state index is 9.33. The Morgan fingerprint density at radius 2 is 0.792 bits per heavy atom. The third-order valence-electron chi connectivity index (χ3n) is 8.58. The molecule has 0 bridgehead atoms. The van der Waals surface area contributed by atoms with Gasteiger partial charge in [-0.15, -0.1) is 0 Å². The van der Waals surface area contributed by atoms with Crippen molar-refractivity contribution >= 4 is 10.8 Å². The second kappa shape index (κ2) is 12.6. The Bertz CT molecular complexity index is 2390. The average Bonchev–Trinajstić information content (AvgIpc) is 3.18. The minimum absolute atomic E-state index is 0.630. The third-order valence-corrected chi connectivity index (χ3v) is 8.58. The number of nitriles is 1. The Morgan fingerprint density at radius 1 is 0.333 bits per heavy atom. The molecule has 4 heteroatoms. The smallest absolute Gasteiger partial charge is 0.164 e. The van der Waals surface area contributed by atoms with Gasteiger partial charge in [0.05, 0.1) is 11.6 Å². The minimum Gasteiger partial charge on any atom is -0.208 e. The highest BCUT2D eigenvalue weighted by atomic mass is 15.0. The van der Waals surface area contributed by atoms with Crippen LogP contribution < -0.4 is 0 Å². The monoisotopic (exact) mass is 612 g/mol. The summed E-state index contributed by atoms with van der Waals surface area (Å²) in [6.45, 7) is 0. The molecule has 0 spiro atoms. The van der Waals surface area contributed by atoms with Crippen molar-refractivity contribution in [3.8, 4) is 73.6 Å². The highest BCUT2D eigenvalue weighted by molar-refractivity contribution is 6.05. The van der Waals surface area contributed by atoms with Crippen molar-refractivity contribution in [2.45, 2.75) is 0 Å². The summed E-state index contributed by atoms with van der Waals surface area (Å²) in [5.41, 5.74) is 10.1. The molecule has 0 N–H and O–H groups in total. The Labute approximate surface area is 279 Å². The zero-order valence-corrected chi connectivity index (χ0v) is 26.0. The van der Waals surface area contributed by atoms with E-state index in [0.29, 0.717) is 23.0 Å². The average molecular weight is 613 g/mol. The number of aromatic nitrogens is 3. The van der Waals surface area contributed by atoms with Gasteiger partial charge in [0.15, 0.2) is 17.5 Å². The summed E-state index contributed by atoms with van der Waals surface area (Å²) in [6, 6.07) is 60.0. The van der Waals surface area contributed by atoms with E-state index in [1.54, 1.807) is 0 Å². The van der Waals surface area contributed by atoms with Gasteiger partial charge in [-0.1, -0.05) is 152 Å². The summed E-state index contributed by atoms with van der Waals surface area (Å²) >= 11 is 0. The molecule has 0 aliphatic heterocycles. The van der Waals surface area contributed by atoms with E-state index in [1.807, 2.05) is 84.9 Å². The van der Waals surface area contributed by atoms with Gasteiger partial charge >= 0.3 is 0 Å². The Balaban J connectivity index is 1.19. The highest BCUT2D eigenvalue weighted by Gasteiger charge is 2.15. The van der Waals surface area contributed by atoms with E-state index in [2.05, 4.69) is 91.0 Å². The van der Waals surface area contributed by atoms with Gasteiger partial charge in [0, 0.05) is 16.7 Å². The molecule has 224 valence electrons. The maximum atomic E-state index is 9.33. The summed E-state index contributed by atoms with van der Waals surface area (Å²) < 4.78 is 0. The van der Waals surface area contributed by atoms with Gasteiger partial charge in [-0.3, -0.25) is 0 Å². The van der Waals surface area contributed by atoms with Crippen LogP contribution in [-0.2, 0) is 0 Å². The van der Waals surface area contributed by atoms with Crippen molar-refractivity contribution in [3.63, 3.8) is 0 Å². The van der Waals surface area contributed by atoms with Crippen LogP contribution in [0.25, 0.3) is 78.3 Å². The zero-order valence-electron chi connectivity index (χ0n) is 26.0. The van der Waals surface area contributed by atoms with Crippen LogP contribution >= 0.6 is 0 Å². The predicted molar refractivity (Wildman–Crippen MR) is 195 cm³/mol. The Morgan fingerprint density at radius 3 is 1.40 bits per heavy atom. The summed E-state index contributed by atoms with van der Waals surface area (Å²) in [5, 5.41) is 11.7. The molecule has 1 heterocycles. The number of hydrogen-bond donors (Lipinski definition) is 0. The van der Waals surface area contributed by atoms with Crippen molar-refractivity contribution in [2.24, 2.45) is 0 Å². The molecule has 0 saturated heterocycles. The molecule has 4 nitrogen and oxygen atoms in total. The van der Waals surface area contributed by atoms with Gasteiger partial charge in [-0.05, 0) is 62.4 Å². The molecule has 0 saturated carbocycles. The van der Waals surface area contributed by atoms with Gasteiger partial charge in [-0.25, -0.2) is 15.0 Å². The number of nitrogens with zero attached hydrogens (tertiary/aromatic N) is 4. The molecule has 0 atom stereocenters. The molecule has 0 unspecified atom stereocenters. The van der Waals surface area contributed by atoms with Crippen LogP contribution in [0, 0.1) is 11.3 Å². The first kappa shape index (κ1) is 28.8. The van der Waals surface area contributed by atoms with Gasteiger partial charge < -0.3 is 0 Å². The lowest BCUT2D eigenvalue weighted by Gasteiger charge is -2.14. The minimum atomic E-state index is 0.630. The molecule has 1 aromatic heterocycles. The standard InChI is InChI=1S/C44H28N4/c45-29-30-11-9-16-35(27-30)31-21-23-32(24-22-31)38-25-26-39(41-20-8-7-19-40(38)41)36-17-10-18-37(28-36)44-47-42(33-12-3-1-4-13-33)46-43(48-44)34-14-5-2-6-15-34/h1-28H. The van der Waals surface area contributed by atoms with Crippen molar-refractivity contribution in [1.82, 2.24) is 15.0 Å². The number of fused-ring (bicyclic) bond motifs is 1. The van der Waals surface area contributed by atoms with E-state index in [4.69, 9.17) is 15.0 Å². The number of hydrogen-bond acceptors (Lipinski definition) is 4. The van der Waals surface area contributed by atoms with Gasteiger partial charge in [-0.2, -0.15) is 5.26 Å². The quantitative estimate of drug-likeness (QED) is 0.187. The maximum Gasteiger partial charge on any atom is 0.164 e. The first-order valence-corrected chi connectivity index (χ1v) is 15.8. The van der Waals surface area contributed by atoms with E-state index in [0.717, 1.165) is 44.5 Å². The molecule has 0 aliphatic carbocycles. The van der Waals surface area contributed by atoms with Gasteiger partial charge in [0.1, 0.15) is 0 Å². The lowest BCUT2D eigenvalue weighted by atomic mass is 9.91.